The van der Waals surface area contributed by atoms with Crippen molar-refractivity contribution in [3.8, 4) is 0 Å². The van der Waals surface area contributed by atoms with Crippen molar-refractivity contribution in [3.63, 3.8) is 0 Å². The molecule has 2 amide bonds. The number of carbonyl (C=O) groups excluding carboxylic acids is 2. The summed E-state index contributed by atoms with van der Waals surface area (Å²) in [4.78, 5) is 28.5. The third-order valence-corrected chi connectivity index (χ3v) is 4.77. The van der Waals surface area contributed by atoms with Crippen molar-refractivity contribution in [1.29, 1.82) is 0 Å². The Labute approximate surface area is 155 Å². The second kappa shape index (κ2) is 7.97. The first-order valence-electron chi connectivity index (χ1n) is 8.20. The Morgan fingerprint density at radius 2 is 1.81 bits per heavy atom. The highest BCUT2D eigenvalue weighted by Crippen LogP contribution is 2.20. The minimum absolute atomic E-state index is 0.127. The lowest BCUT2D eigenvalue weighted by Gasteiger charge is -2.07. The summed E-state index contributed by atoms with van der Waals surface area (Å²) < 4.78 is 5.04. The number of rotatable bonds is 6. The van der Waals surface area contributed by atoms with E-state index in [0.717, 1.165) is 10.7 Å². The molecule has 0 fully saturated rings. The van der Waals surface area contributed by atoms with Crippen molar-refractivity contribution in [2.45, 2.75) is 26.2 Å². The number of hydrogen-bond acceptors (Lipinski definition) is 5. The number of amides is 2. The van der Waals surface area contributed by atoms with E-state index < -0.39 is 0 Å². The fourth-order valence-corrected chi connectivity index (χ4v) is 3.11. The standard InChI is InChI=1S/C19H19N3O3S/c1-12(2)19-22-15(11-26-19)10-17(23)20-13-5-7-14(8-6-13)21-18(24)16-4-3-9-25-16/h3-9,11-12H,10H2,1-2H3,(H,20,23)(H,21,24). The maximum absolute atomic E-state index is 12.2. The van der Waals surface area contributed by atoms with Gasteiger partial charge in [-0.3, -0.25) is 9.59 Å². The van der Waals surface area contributed by atoms with E-state index in [9.17, 15) is 9.59 Å². The van der Waals surface area contributed by atoms with Crippen LogP contribution in [0.2, 0.25) is 0 Å². The fourth-order valence-electron chi connectivity index (χ4n) is 2.28. The lowest BCUT2D eigenvalue weighted by Crippen LogP contribution is -2.15. The largest absolute Gasteiger partial charge is 0.459 e. The van der Waals surface area contributed by atoms with E-state index in [1.807, 2.05) is 5.38 Å². The Morgan fingerprint density at radius 3 is 2.38 bits per heavy atom. The normalized spacial score (nSPS) is 10.7. The molecule has 0 aliphatic rings. The van der Waals surface area contributed by atoms with Gasteiger partial charge in [0.25, 0.3) is 5.91 Å². The number of nitrogens with one attached hydrogen (secondary N) is 2. The molecule has 6 nitrogen and oxygen atoms in total. The maximum atomic E-state index is 12.2. The van der Waals surface area contributed by atoms with Crippen LogP contribution in [0.3, 0.4) is 0 Å². The van der Waals surface area contributed by atoms with E-state index in [2.05, 4.69) is 29.5 Å². The summed E-state index contributed by atoms with van der Waals surface area (Å²) in [5.41, 5.74) is 2.05. The predicted octanol–water partition coefficient (Wildman–Crippen LogP) is 4.29. The van der Waals surface area contributed by atoms with Gasteiger partial charge in [0.05, 0.1) is 23.4 Å². The molecule has 2 heterocycles. The van der Waals surface area contributed by atoms with Crippen molar-refractivity contribution in [1.82, 2.24) is 4.98 Å². The first-order chi connectivity index (χ1) is 12.5. The Kier molecular flexibility index (Phi) is 5.48. The van der Waals surface area contributed by atoms with Gasteiger partial charge >= 0.3 is 0 Å². The van der Waals surface area contributed by atoms with Crippen LogP contribution in [0, 0.1) is 0 Å². The van der Waals surface area contributed by atoms with E-state index in [-0.39, 0.29) is 24.0 Å². The van der Waals surface area contributed by atoms with Crippen LogP contribution in [0.1, 0.15) is 41.0 Å². The highest BCUT2D eigenvalue weighted by atomic mass is 32.1. The van der Waals surface area contributed by atoms with Gasteiger partial charge in [-0.05, 0) is 36.4 Å². The van der Waals surface area contributed by atoms with Crippen LogP contribution in [0.5, 0.6) is 0 Å². The molecule has 0 atom stereocenters. The van der Waals surface area contributed by atoms with Gasteiger partial charge in [-0.2, -0.15) is 0 Å². The van der Waals surface area contributed by atoms with Gasteiger partial charge in [0.2, 0.25) is 5.91 Å². The van der Waals surface area contributed by atoms with Crippen molar-refractivity contribution in [2.75, 3.05) is 10.6 Å². The number of anilines is 2. The van der Waals surface area contributed by atoms with Crippen LogP contribution in [-0.4, -0.2) is 16.8 Å². The first-order valence-corrected chi connectivity index (χ1v) is 9.08. The Balaban J connectivity index is 1.54. The average Bonchev–Trinajstić information content (AvgIpc) is 3.28. The van der Waals surface area contributed by atoms with Gasteiger partial charge in [0.1, 0.15) is 0 Å². The number of thiazole rings is 1. The third kappa shape index (κ3) is 4.58. The lowest BCUT2D eigenvalue weighted by molar-refractivity contribution is -0.115. The molecule has 0 aliphatic carbocycles. The SMILES string of the molecule is CC(C)c1nc(CC(=O)Nc2ccc(NC(=O)c3ccco3)cc2)cs1. The molecule has 0 aliphatic heterocycles. The summed E-state index contributed by atoms with van der Waals surface area (Å²) in [6.45, 7) is 4.16. The number of aromatic nitrogens is 1. The topological polar surface area (TPSA) is 84.2 Å². The van der Waals surface area contributed by atoms with Crippen LogP contribution < -0.4 is 10.6 Å². The molecule has 2 N–H and O–H groups in total. The molecule has 7 heteroatoms. The van der Waals surface area contributed by atoms with Crippen molar-refractivity contribution < 1.29 is 14.0 Å². The predicted molar refractivity (Wildman–Crippen MR) is 102 cm³/mol. The number of carbonyl (C=O) groups is 2. The minimum Gasteiger partial charge on any atom is -0.459 e. The Morgan fingerprint density at radius 1 is 1.12 bits per heavy atom. The molecule has 1 aromatic carbocycles. The quantitative estimate of drug-likeness (QED) is 0.679. The minimum atomic E-state index is -0.323. The fraction of sp³-hybridized carbons (Fsp3) is 0.211. The molecule has 0 radical (unpaired) electrons. The van der Waals surface area contributed by atoms with E-state index in [0.29, 0.717) is 17.3 Å². The zero-order valence-corrected chi connectivity index (χ0v) is 15.3. The molecule has 0 saturated heterocycles. The Bertz CT molecular complexity index is 883. The van der Waals surface area contributed by atoms with E-state index in [1.54, 1.807) is 47.7 Å². The smallest absolute Gasteiger partial charge is 0.291 e. The molecular weight excluding hydrogens is 350 g/mol. The molecule has 134 valence electrons. The summed E-state index contributed by atoms with van der Waals surface area (Å²) in [7, 11) is 0. The van der Waals surface area contributed by atoms with Gasteiger partial charge in [-0.1, -0.05) is 13.8 Å². The zero-order valence-electron chi connectivity index (χ0n) is 14.5. The molecule has 0 spiro atoms. The van der Waals surface area contributed by atoms with Crippen LogP contribution in [0.15, 0.2) is 52.5 Å². The van der Waals surface area contributed by atoms with Gasteiger partial charge in [-0.15, -0.1) is 11.3 Å². The average molecular weight is 369 g/mol. The molecule has 0 bridgehead atoms. The maximum Gasteiger partial charge on any atom is 0.291 e. The molecule has 2 aromatic heterocycles. The highest BCUT2D eigenvalue weighted by Gasteiger charge is 2.11. The number of furan rings is 1. The molecule has 0 saturated carbocycles. The van der Waals surface area contributed by atoms with Crippen molar-refractivity contribution in [2.24, 2.45) is 0 Å². The van der Waals surface area contributed by atoms with Gasteiger partial charge in [0, 0.05) is 22.7 Å². The second-order valence-electron chi connectivity index (χ2n) is 6.07. The first kappa shape index (κ1) is 17.9. The summed E-state index contributed by atoms with van der Waals surface area (Å²) >= 11 is 1.57. The molecule has 3 rings (SSSR count). The lowest BCUT2D eigenvalue weighted by atomic mass is 10.2. The number of hydrogen-bond donors (Lipinski definition) is 2. The second-order valence-corrected chi connectivity index (χ2v) is 6.96. The molecular formula is C19H19N3O3S. The summed E-state index contributed by atoms with van der Waals surface area (Å²) in [6, 6.07) is 10.1. The van der Waals surface area contributed by atoms with E-state index in [1.165, 1.54) is 6.26 Å². The van der Waals surface area contributed by atoms with Crippen LogP contribution >= 0.6 is 11.3 Å². The molecule has 26 heavy (non-hydrogen) atoms. The van der Waals surface area contributed by atoms with Crippen molar-refractivity contribution >= 4 is 34.5 Å². The third-order valence-electron chi connectivity index (χ3n) is 3.58. The monoisotopic (exact) mass is 369 g/mol. The molecule has 0 unspecified atom stereocenters. The van der Waals surface area contributed by atoms with E-state index >= 15 is 0 Å². The van der Waals surface area contributed by atoms with Crippen LogP contribution in [-0.2, 0) is 11.2 Å². The van der Waals surface area contributed by atoms with Gasteiger partial charge < -0.3 is 15.1 Å². The van der Waals surface area contributed by atoms with Crippen molar-refractivity contribution in [3.05, 3.63) is 64.5 Å². The van der Waals surface area contributed by atoms with Crippen LogP contribution in [0.4, 0.5) is 11.4 Å². The summed E-state index contributed by atoms with van der Waals surface area (Å²) in [5, 5.41) is 8.51. The Hall–Kier alpha value is -2.93. The number of benzene rings is 1. The zero-order chi connectivity index (χ0) is 18.5. The van der Waals surface area contributed by atoms with E-state index in [4.69, 9.17) is 4.42 Å². The van der Waals surface area contributed by atoms with Gasteiger partial charge in [0.15, 0.2) is 5.76 Å². The summed E-state index contributed by atoms with van der Waals surface area (Å²) in [5.74, 6) is 0.154. The number of nitrogens with zero attached hydrogens (tertiary/aromatic N) is 1. The highest BCUT2D eigenvalue weighted by molar-refractivity contribution is 7.09. The molecule has 3 aromatic rings. The van der Waals surface area contributed by atoms with Gasteiger partial charge in [-0.25, -0.2) is 4.98 Å². The summed E-state index contributed by atoms with van der Waals surface area (Å²) in [6.07, 6.45) is 1.68. The van der Waals surface area contributed by atoms with Crippen LogP contribution in [0.25, 0.3) is 0 Å².